The van der Waals surface area contributed by atoms with E-state index >= 15 is 0 Å². The highest BCUT2D eigenvalue weighted by Crippen LogP contribution is 2.22. The SMILES string of the molecule is CN(Cc1ccc(Cl)s1)C(=O)Nc1ccc(CC(=O)N2CCSCC2)cc1. The third-order valence-corrected chi connectivity index (χ3v) is 6.45. The number of thiophene rings is 1. The van der Waals surface area contributed by atoms with E-state index in [1.165, 1.54) is 11.3 Å². The maximum atomic E-state index is 12.3. The van der Waals surface area contributed by atoms with Crippen molar-refractivity contribution >= 4 is 52.3 Å². The summed E-state index contributed by atoms with van der Waals surface area (Å²) >= 11 is 9.28. The van der Waals surface area contributed by atoms with Gasteiger partial charge < -0.3 is 15.1 Å². The molecule has 2 heterocycles. The molecule has 5 nitrogen and oxygen atoms in total. The van der Waals surface area contributed by atoms with Gasteiger partial charge in [-0.15, -0.1) is 11.3 Å². The molecule has 0 bridgehead atoms. The summed E-state index contributed by atoms with van der Waals surface area (Å²) in [5.74, 6) is 2.20. The molecule has 0 saturated carbocycles. The highest BCUT2D eigenvalue weighted by molar-refractivity contribution is 7.99. The Morgan fingerprint density at radius 3 is 2.48 bits per heavy atom. The van der Waals surface area contributed by atoms with E-state index in [9.17, 15) is 9.59 Å². The monoisotopic (exact) mass is 423 g/mol. The molecule has 1 aromatic heterocycles. The van der Waals surface area contributed by atoms with Gasteiger partial charge in [0.05, 0.1) is 17.3 Å². The van der Waals surface area contributed by atoms with Crippen LogP contribution in [0, 0.1) is 0 Å². The summed E-state index contributed by atoms with van der Waals surface area (Å²) in [5, 5.41) is 2.87. The molecule has 0 atom stereocenters. The van der Waals surface area contributed by atoms with Crippen LogP contribution >= 0.6 is 34.7 Å². The molecule has 1 saturated heterocycles. The molecule has 1 aliphatic rings. The first kappa shape index (κ1) is 20.0. The number of benzene rings is 1. The number of carbonyl (C=O) groups excluding carboxylic acids is 2. The zero-order valence-corrected chi connectivity index (χ0v) is 17.5. The fraction of sp³-hybridized carbons (Fsp3) is 0.368. The first-order chi connectivity index (χ1) is 13.0. The molecule has 0 aliphatic carbocycles. The molecule has 1 fully saturated rings. The lowest BCUT2D eigenvalue weighted by molar-refractivity contribution is -0.130. The van der Waals surface area contributed by atoms with Gasteiger partial charge in [0.15, 0.2) is 0 Å². The number of hydrogen-bond acceptors (Lipinski definition) is 4. The molecular weight excluding hydrogens is 402 g/mol. The zero-order chi connectivity index (χ0) is 19.2. The van der Waals surface area contributed by atoms with Crippen molar-refractivity contribution < 1.29 is 9.59 Å². The lowest BCUT2D eigenvalue weighted by Crippen LogP contribution is -2.38. The normalized spacial score (nSPS) is 14.1. The predicted octanol–water partition coefficient (Wildman–Crippen LogP) is 4.18. The second-order valence-corrected chi connectivity index (χ2v) is 9.38. The quantitative estimate of drug-likeness (QED) is 0.784. The molecule has 1 aromatic carbocycles. The molecule has 2 aromatic rings. The average molecular weight is 424 g/mol. The molecule has 1 aliphatic heterocycles. The van der Waals surface area contributed by atoms with Crippen molar-refractivity contribution in [1.82, 2.24) is 9.80 Å². The van der Waals surface area contributed by atoms with Crippen LogP contribution in [0.25, 0.3) is 0 Å². The van der Waals surface area contributed by atoms with Gasteiger partial charge in [-0.05, 0) is 29.8 Å². The van der Waals surface area contributed by atoms with E-state index in [1.54, 1.807) is 11.9 Å². The lowest BCUT2D eigenvalue weighted by Gasteiger charge is -2.26. The summed E-state index contributed by atoms with van der Waals surface area (Å²) in [6, 6.07) is 11.0. The molecule has 144 valence electrons. The first-order valence-electron chi connectivity index (χ1n) is 8.72. The van der Waals surface area contributed by atoms with E-state index in [-0.39, 0.29) is 11.9 Å². The third-order valence-electron chi connectivity index (χ3n) is 4.29. The third kappa shape index (κ3) is 5.89. The Kier molecular flexibility index (Phi) is 7.04. The molecule has 3 amide bonds. The number of halogens is 1. The number of urea groups is 1. The second kappa shape index (κ2) is 9.48. The molecule has 1 N–H and O–H groups in total. The number of anilines is 1. The van der Waals surface area contributed by atoms with E-state index in [2.05, 4.69) is 5.32 Å². The number of thioether (sulfide) groups is 1. The molecule has 27 heavy (non-hydrogen) atoms. The number of carbonyl (C=O) groups is 2. The summed E-state index contributed by atoms with van der Waals surface area (Å²) in [5.41, 5.74) is 1.67. The van der Waals surface area contributed by atoms with Crippen LogP contribution < -0.4 is 5.32 Å². The second-order valence-electron chi connectivity index (χ2n) is 6.36. The van der Waals surface area contributed by atoms with Gasteiger partial charge in [-0.2, -0.15) is 11.8 Å². The van der Waals surface area contributed by atoms with E-state index in [0.717, 1.165) is 35.0 Å². The van der Waals surface area contributed by atoms with Crippen LogP contribution in [0.1, 0.15) is 10.4 Å². The Balaban J connectivity index is 1.50. The molecule has 0 radical (unpaired) electrons. The van der Waals surface area contributed by atoms with Crippen LogP contribution in [0.4, 0.5) is 10.5 Å². The van der Waals surface area contributed by atoms with E-state index in [1.807, 2.05) is 53.1 Å². The summed E-state index contributed by atoms with van der Waals surface area (Å²) < 4.78 is 0.715. The van der Waals surface area contributed by atoms with Crippen molar-refractivity contribution in [2.75, 3.05) is 37.0 Å². The Bertz CT molecular complexity index is 789. The Morgan fingerprint density at radius 1 is 1.15 bits per heavy atom. The standard InChI is InChI=1S/C19H22ClN3O2S2/c1-22(13-16-6-7-17(20)27-16)19(25)21-15-4-2-14(3-5-15)12-18(24)23-8-10-26-11-9-23/h2-7H,8-13H2,1H3,(H,21,25). The molecule has 8 heteroatoms. The minimum Gasteiger partial charge on any atom is -0.341 e. The van der Waals surface area contributed by atoms with Gasteiger partial charge in [0.1, 0.15) is 0 Å². The maximum Gasteiger partial charge on any atom is 0.321 e. The van der Waals surface area contributed by atoms with Crippen LogP contribution in [-0.4, -0.2) is 53.4 Å². The van der Waals surface area contributed by atoms with Gasteiger partial charge in [-0.25, -0.2) is 4.79 Å². The Labute approximate surface area is 172 Å². The molecular formula is C19H22ClN3O2S2. The number of nitrogens with zero attached hydrogens (tertiary/aromatic N) is 2. The fourth-order valence-electron chi connectivity index (χ4n) is 2.77. The van der Waals surface area contributed by atoms with E-state index in [0.29, 0.717) is 23.0 Å². The largest absolute Gasteiger partial charge is 0.341 e. The van der Waals surface area contributed by atoms with Gasteiger partial charge in [0.2, 0.25) is 5.91 Å². The predicted molar refractivity (Wildman–Crippen MR) is 114 cm³/mol. The van der Waals surface area contributed by atoms with Crippen molar-refractivity contribution in [3.8, 4) is 0 Å². The fourth-order valence-corrected chi connectivity index (χ4v) is 4.81. The summed E-state index contributed by atoms with van der Waals surface area (Å²) in [4.78, 5) is 29.2. The Morgan fingerprint density at radius 2 is 1.85 bits per heavy atom. The number of amides is 3. The molecule has 3 rings (SSSR count). The number of hydrogen-bond donors (Lipinski definition) is 1. The van der Waals surface area contributed by atoms with Crippen LogP contribution in [0.2, 0.25) is 4.34 Å². The van der Waals surface area contributed by atoms with Gasteiger partial charge in [0, 0.05) is 42.2 Å². The van der Waals surface area contributed by atoms with Crippen molar-refractivity contribution in [2.24, 2.45) is 0 Å². The van der Waals surface area contributed by atoms with Crippen LogP contribution in [0.3, 0.4) is 0 Å². The highest BCUT2D eigenvalue weighted by Gasteiger charge is 2.17. The topological polar surface area (TPSA) is 52.7 Å². The van der Waals surface area contributed by atoms with E-state index in [4.69, 9.17) is 11.6 Å². The highest BCUT2D eigenvalue weighted by atomic mass is 35.5. The van der Waals surface area contributed by atoms with Crippen molar-refractivity contribution in [3.63, 3.8) is 0 Å². The first-order valence-corrected chi connectivity index (χ1v) is 11.1. The van der Waals surface area contributed by atoms with Crippen molar-refractivity contribution in [3.05, 3.63) is 51.2 Å². The number of nitrogens with one attached hydrogen (secondary N) is 1. The van der Waals surface area contributed by atoms with Crippen LogP contribution in [0.5, 0.6) is 0 Å². The van der Waals surface area contributed by atoms with Gasteiger partial charge >= 0.3 is 6.03 Å². The maximum absolute atomic E-state index is 12.3. The van der Waals surface area contributed by atoms with Gasteiger partial charge in [-0.1, -0.05) is 23.7 Å². The summed E-state index contributed by atoms with van der Waals surface area (Å²) in [6.07, 6.45) is 0.401. The Hall–Kier alpha value is -1.70. The van der Waals surface area contributed by atoms with Gasteiger partial charge in [0.25, 0.3) is 0 Å². The summed E-state index contributed by atoms with van der Waals surface area (Å²) in [7, 11) is 1.74. The molecule has 0 spiro atoms. The minimum atomic E-state index is -0.186. The van der Waals surface area contributed by atoms with Crippen LogP contribution in [0.15, 0.2) is 36.4 Å². The number of rotatable bonds is 5. The average Bonchev–Trinajstić information content (AvgIpc) is 3.08. The zero-order valence-electron chi connectivity index (χ0n) is 15.1. The van der Waals surface area contributed by atoms with Crippen molar-refractivity contribution in [1.29, 1.82) is 0 Å². The van der Waals surface area contributed by atoms with Gasteiger partial charge in [-0.3, -0.25) is 4.79 Å². The minimum absolute atomic E-state index is 0.168. The smallest absolute Gasteiger partial charge is 0.321 e. The lowest BCUT2D eigenvalue weighted by atomic mass is 10.1. The van der Waals surface area contributed by atoms with E-state index < -0.39 is 0 Å². The van der Waals surface area contributed by atoms with Crippen molar-refractivity contribution in [2.45, 2.75) is 13.0 Å². The summed E-state index contributed by atoms with van der Waals surface area (Å²) in [6.45, 7) is 2.17. The molecule has 0 unspecified atom stereocenters. The van der Waals surface area contributed by atoms with Crippen LogP contribution in [-0.2, 0) is 17.8 Å².